The summed E-state index contributed by atoms with van der Waals surface area (Å²) in [6.07, 6.45) is 2.06. The molecule has 0 bridgehead atoms. The average molecular weight is 403 g/mol. The molecule has 4 aromatic rings. The van der Waals surface area contributed by atoms with E-state index in [9.17, 15) is 0 Å². The van der Waals surface area contributed by atoms with Crippen molar-refractivity contribution in [1.82, 2.24) is 0 Å². The van der Waals surface area contributed by atoms with Gasteiger partial charge in [0.25, 0.3) is 0 Å². The quantitative estimate of drug-likeness (QED) is 0.336. The molecule has 0 radical (unpaired) electrons. The lowest BCUT2D eigenvalue weighted by Crippen LogP contribution is -2.07. The van der Waals surface area contributed by atoms with Crippen molar-refractivity contribution in [3.8, 4) is 5.75 Å². The van der Waals surface area contributed by atoms with Gasteiger partial charge in [-0.3, -0.25) is 0 Å². The summed E-state index contributed by atoms with van der Waals surface area (Å²) in [4.78, 5) is 0. The maximum absolute atomic E-state index is 6.11. The van der Waals surface area contributed by atoms with Crippen LogP contribution in [0, 0.1) is 6.92 Å². The van der Waals surface area contributed by atoms with Crippen molar-refractivity contribution in [3.63, 3.8) is 0 Å². The van der Waals surface area contributed by atoms with Gasteiger partial charge in [-0.15, -0.1) is 0 Å². The summed E-state index contributed by atoms with van der Waals surface area (Å²) in [5.74, 6) is 0.939. The zero-order chi connectivity index (χ0) is 21.0. The number of hydrogen-bond acceptors (Lipinski definition) is 1. The Bertz CT molecular complexity index is 1200. The minimum Gasteiger partial charge on any atom is -0.489 e. The molecule has 1 aliphatic carbocycles. The predicted molar refractivity (Wildman–Crippen MR) is 129 cm³/mol. The van der Waals surface area contributed by atoms with Gasteiger partial charge in [-0.05, 0) is 70.9 Å². The van der Waals surface area contributed by atoms with E-state index in [-0.39, 0.29) is 0 Å². The molecule has 1 aliphatic rings. The molecule has 0 N–H and O–H groups in total. The third-order valence-corrected chi connectivity index (χ3v) is 6.00. The van der Waals surface area contributed by atoms with E-state index in [2.05, 4.69) is 104 Å². The number of allylic oxidation sites excluding steroid dienone is 1. The van der Waals surface area contributed by atoms with Gasteiger partial charge >= 0.3 is 0 Å². The fraction of sp³-hybridized carbons (Fsp3) is 0.133. The van der Waals surface area contributed by atoms with Gasteiger partial charge < -0.3 is 4.74 Å². The van der Waals surface area contributed by atoms with Gasteiger partial charge in [-0.25, -0.2) is 0 Å². The highest BCUT2D eigenvalue weighted by molar-refractivity contribution is 6.00. The number of hydrogen-bond donors (Lipinski definition) is 0. The number of rotatable bonds is 5. The molecule has 152 valence electrons. The summed E-state index contributed by atoms with van der Waals surface area (Å²) in [7, 11) is 0. The fourth-order valence-electron chi connectivity index (χ4n) is 4.38. The van der Waals surface area contributed by atoms with E-state index in [1.165, 1.54) is 44.5 Å². The van der Waals surface area contributed by atoms with Crippen LogP contribution in [-0.4, -0.2) is 0 Å². The van der Waals surface area contributed by atoms with Crippen LogP contribution in [0.5, 0.6) is 5.75 Å². The molecule has 1 nitrogen and oxygen atoms in total. The second-order valence-electron chi connectivity index (χ2n) is 8.18. The molecule has 0 unspecified atom stereocenters. The predicted octanol–water partition coefficient (Wildman–Crippen LogP) is 7.48. The van der Waals surface area contributed by atoms with Gasteiger partial charge in [0.1, 0.15) is 12.4 Å². The first-order chi connectivity index (χ1) is 15.3. The number of fused-ring (bicyclic) bond motifs is 1. The lowest BCUT2D eigenvalue weighted by atomic mass is 9.79. The van der Waals surface area contributed by atoms with E-state index in [1.54, 1.807) is 0 Å². The molecule has 0 amide bonds. The molecule has 1 heteroatoms. The number of aryl methyl sites for hydroxylation is 2. The maximum Gasteiger partial charge on any atom is 0.120 e. The number of ether oxygens (including phenoxy) is 1. The zero-order valence-electron chi connectivity index (χ0n) is 17.8. The standard InChI is InChI=1S/C30H26O/c1-22-12-14-25(15-13-22)30-28(24-10-6-3-7-11-24)18-16-26-20-27(17-19-29(26)30)31-21-23-8-4-2-5-9-23/h2-15,17,19-20H,16,18,21H2,1H3. The summed E-state index contributed by atoms with van der Waals surface area (Å²) in [6, 6.07) is 36.6. The molecule has 0 aromatic heterocycles. The number of benzene rings is 4. The van der Waals surface area contributed by atoms with E-state index < -0.39 is 0 Å². The smallest absolute Gasteiger partial charge is 0.120 e. The van der Waals surface area contributed by atoms with Gasteiger partial charge in [0, 0.05) is 0 Å². The van der Waals surface area contributed by atoms with Crippen molar-refractivity contribution >= 4 is 11.1 Å². The second kappa shape index (κ2) is 8.65. The van der Waals surface area contributed by atoms with Gasteiger partial charge in [0.2, 0.25) is 0 Å². The molecule has 0 aliphatic heterocycles. The molecular weight excluding hydrogens is 376 g/mol. The third kappa shape index (κ3) is 4.18. The van der Waals surface area contributed by atoms with Crippen LogP contribution in [0.4, 0.5) is 0 Å². The molecule has 0 saturated carbocycles. The summed E-state index contributed by atoms with van der Waals surface area (Å²) in [5.41, 5.74) is 10.5. The van der Waals surface area contributed by atoms with E-state index in [4.69, 9.17) is 4.74 Å². The van der Waals surface area contributed by atoms with E-state index in [1.807, 2.05) is 6.07 Å². The van der Waals surface area contributed by atoms with Crippen molar-refractivity contribution in [1.29, 1.82) is 0 Å². The molecule has 0 heterocycles. The van der Waals surface area contributed by atoms with Crippen molar-refractivity contribution < 1.29 is 4.74 Å². The van der Waals surface area contributed by atoms with Gasteiger partial charge in [0.15, 0.2) is 0 Å². The highest BCUT2D eigenvalue weighted by atomic mass is 16.5. The lowest BCUT2D eigenvalue weighted by Gasteiger charge is -2.25. The largest absolute Gasteiger partial charge is 0.489 e. The molecule has 31 heavy (non-hydrogen) atoms. The SMILES string of the molecule is Cc1ccc(C2=C(c3ccccc3)CCc3cc(OCc4ccccc4)ccc32)cc1. The fourth-order valence-corrected chi connectivity index (χ4v) is 4.38. The van der Waals surface area contributed by atoms with Crippen LogP contribution in [0.1, 0.15) is 39.8 Å². The van der Waals surface area contributed by atoms with Crippen molar-refractivity contribution in [2.75, 3.05) is 0 Å². The van der Waals surface area contributed by atoms with Crippen LogP contribution in [0.3, 0.4) is 0 Å². The Morgan fingerprint density at radius 2 is 1.39 bits per heavy atom. The van der Waals surface area contributed by atoms with Crippen LogP contribution < -0.4 is 4.74 Å². The first-order valence-corrected chi connectivity index (χ1v) is 10.9. The summed E-state index contributed by atoms with van der Waals surface area (Å²) >= 11 is 0. The molecule has 0 spiro atoms. The highest BCUT2D eigenvalue weighted by Crippen LogP contribution is 2.41. The summed E-state index contributed by atoms with van der Waals surface area (Å²) in [6.45, 7) is 2.73. The van der Waals surface area contributed by atoms with E-state index in [0.29, 0.717) is 6.61 Å². The topological polar surface area (TPSA) is 9.23 Å². The molecule has 0 atom stereocenters. The minimum atomic E-state index is 0.593. The summed E-state index contributed by atoms with van der Waals surface area (Å²) < 4.78 is 6.11. The Kier molecular flexibility index (Phi) is 5.41. The summed E-state index contributed by atoms with van der Waals surface area (Å²) in [5, 5.41) is 0. The molecule has 4 aromatic carbocycles. The van der Waals surface area contributed by atoms with E-state index >= 15 is 0 Å². The Labute approximate surface area is 184 Å². The van der Waals surface area contributed by atoms with Crippen LogP contribution in [0.2, 0.25) is 0 Å². The van der Waals surface area contributed by atoms with Crippen LogP contribution in [0.15, 0.2) is 103 Å². The molecule has 0 fully saturated rings. The molecule has 5 rings (SSSR count). The Morgan fingerprint density at radius 1 is 0.677 bits per heavy atom. The highest BCUT2D eigenvalue weighted by Gasteiger charge is 2.22. The Morgan fingerprint density at radius 3 is 2.13 bits per heavy atom. The minimum absolute atomic E-state index is 0.593. The second-order valence-corrected chi connectivity index (χ2v) is 8.18. The average Bonchev–Trinajstić information content (AvgIpc) is 2.84. The van der Waals surface area contributed by atoms with E-state index in [0.717, 1.165) is 18.6 Å². The van der Waals surface area contributed by atoms with Crippen LogP contribution >= 0.6 is 0 Å². The van der Waals surface area contributed by atoms with Crippen molar-refractivity contribution in [2.24, 2.45) is 0 Å². The normalized spacial score (nSPS) is 13.1. The van der Waals surface area contributed by atoms with Crippen molar-refractivity contribution in [2.45, 2.75) is 26.4 Å². The van der Waals surface area contributed by atoms with Gasteiger partial charge in [-0.1, -0.05) is 96.6 Å². The molecule has 0 saturated heterocycles. The Hall–Kier alpha value is -3.58. The zero-order valence-corrected chi connectivity index (χ0v) is 17.8. The maximum atomic E-state index is 6.11. The lowest BCUT2D eigenvalue weighted by molar-refractivity contribution is 0.306. The monoisotopic (exact) mass is 402 g/mol. The van der Waals surface area contributed by atoms with Crippen LogP contribution in [0.25, 0.3) is 11.1 Å². The first kappa shape index (κ1) is 19.4. The molecular formula is C30H26O. The Balaban J connectivity index is 1.54. The van der Waals surface area contributed by atoms with Gasteiger partial charge in [-0.2, -0.15) is 0 Å². The third-order valence-electron chi connectivity index (χ3n) is 6.00. The van der Waals surface area contributed by atoms with Crippen molar-refractivity contribution in [3.05, 3.63) is 137 Å². The van der Waals surface area contributed by atoms with Gasteiger partial charge in [0.05, 0.1) is 0 Å². The first-order valence-electron chi connectivity index (χ1n) is 10.9. The van der Waals surface area contributed by atoms with Crippen LogP contribution in [-0.2, 0) is 13.0 Å².